The lowest BCUT2D eigenvalue weighted by atomic mass is 9.48. The summed E-state index contributed by atoms with van der Waals surface area (Å²) in [4.78, 5) is 12.5. The highest BCUT2D eigenvalue weighted by atomic mass is 16.3. The normalized spacial score (nSPS) is 27.8. The second-order valence-electron chi connectivity index (χ2n) is 13.4. The maximum atomic E-state index is 12.5. The summed E-state index contributed by atoms with van der Waals surface area (Å²) in [5.41, 5.74) is 3.39. The van der Waals surface area contributed by atoms with Crippen LogP contribution >= 0.6 is 0 Å². The van der Waals surface area contributed by atoms with E-state index in [2.05, 4.69) is 30.2 Å². The van der Waals surface area contributed by atoms with Crippen molar-refractivity contribution in [1.82, 2.24) is 5.32 Å². The topological polar surface area (TPSA) is 69.6 Å². The molecule has 4 heteroatoms. The number of nitrogens with one attached hydrogen (secondary N) is 1. The standard InChI is InChI=1S/C37H51NO3/c1-27(35(40)28(2)15-12-18-37-23-31-19-32(24-37)21-33(20-31)25-37)13-8-5-4-6-9-14-29(3)36(41)38-34(26-39)22-30-16-10-7-11-17-30/h7-8,10-11,13-17,27,31-35,39-40H,6,9,12,18-26H2,1-3H3,(H,38,41). The van der Waals surface area contributed by atoms with Crippen LogP contribution in [0.5, 0.6) is 0 Å². The van der Waals surface area contributed by atoms with E-state index in [9.17, 15) is 15.0 Å². The van der Waals surface area contributed by atoms with E-state index in [1.54, 1.807) is 6.92 Å². The first-order valence-electron chi connectivity index (χ1n) is 15.9. The molecule has 0 aromatic heterocycles. The van der Waals surface area contributed by atoms with Crippen molar-refractivity contribution in [3.05, 3.63) is 71.3 Å². The molecule has 0 aliphatic heterocycles. The van der Waals surface area contributed by atoms with Gasteiger partial charge in [0, 0.05) is 17.9 Å². The van der Waals surface area contributed by atoms with E-state index in [1.807, 2.05) is 55.5 Å². The van der Waals surface area contributed by atoms with Crippen molar-refractivity contribution in [2.75, 3.05) is 6.61 Å². The predicted molar refractivity (Wildman–Crippen MR) is 168 cm³/mol. The zero-order chi connectivity index (χ0) is 29.2. The minimum absolute atomic E-state index is 0.0151. The molecule has 41 heavy (non-hydrogen) atoms. The van der Waals surface area contributed by atoms with Crippen molar-refractivity contribution in [3.8, 4) is 11.8 Å². The van der Waals surface area contributed by atoms with Crippen LogP contribution in [-0.2, 0) is 11.2 Å². The molecule has 1 aromatic rings. The van der Waals surface area contributed by atoms with Gasteiger partial charge in [-0.1, -0.05) is 67.3 Å². The Morgan fingerprint density at radius 2 is 1.71 bits per heavy atom. The van der Waals surface area contributed by atoms with Crippen molar-refractivity contribution < 1.29 is 15.0 Å². The van der Waals surface area contributed by atoms with Crippen LogP contribution in [0.25, 0.3) is 0 Å². The van der Waals surface area contributed by atoms with Crippen molar-refractivity contribution >= 4 is 5.91 Å². The molecule has 5 rings (SSSR count). The molecule has 4 nitrogen and oxygen atoms in total. The van der Waals surface area contributed by atoms with Crippen LogP contribution in [0.4, 0.5) is 0 Å². The van der Waals surface area contributed by atoms with Gasteiger partial charge in [0.25, 0.3) is 0 Å². The van der Waals surface area contributed by atoms with E-state index in [1.165, 1.54) is 44.9 Å². The van der Waals surface area contributed by atoms with E-state index in [-0.39, 0.29) is 24.5 Å². The lowest BCUT2D eigenvalue weighted by Crippen LogP contribution is -2.45. The molecule has 3 atom stereocenters. The summed E-state index contributed by atoms with van der Waals surface area (Å²) in [6.45, 7) is 5.80. The Morgan fingerprint density at radius 1 is 1.05 bits per heavy atom. The molecular formula is C37H51NO3. The minimum Gasteiger partial charge on any atom is -0.394 e. The Hall–Kier alpha value is -2.61. The molecule has 3 N–H and O–H groups in total. The number of hydrogen-bond donors (Lipinski definition) is 3. The Morgan fingerprint density at radius 3 is 2.34 bits per heavy atom. The molecule has 0 spiro atoms. The Labute approximate surface area is 248 Å². The van der Waals surface area contributed by atoms with Crippen LogP contribution in [0.15, 0.2) is 65.8 Å². The van der Waals surface area contributed by atoms with Gasteiger partial charge in [-0.3, -0.25) is 4.79 Å². The zero-order valence-corrected chi connectivity index (χ0v) is 25.4. The maximum absolute atomic E-state index is 12.5. The average molecular weight is 558 g/mol. The monoisotopic (exact) mass is 557 g/mol. The van der Waals surface area contributed by atoms with Crippen molar-refractivity contribution in [3.63, 3.8) is 0 Å². The smallest absolute Gasteiger partial charge is 0.246 e. The Bertz CT molecular complexity index is 1120. The number of rotatable bonds is 13. The minimum atomic E-state index is -0.474. The van der Waals surface area contributed by atoms with Crippen LogP contribution in [0.2, 0.25) is 0 Å². The van der Waals surface area contributed by atoms with Crippen LogP contribution in [0.1, 0.15) is 90.5 Å². The van der Waals surface area contributed by atoms with Crippen molar-refractivity contribution in [2.45, 2.75) is 104 Å². The van der Waals surface area contributed by atoms with E-state index in [4.69, 9.17) is 0 Å². The van der Waals surface area contributed by atoms with Gasteiger partial charge in [-0.05, 0) is 118 Å². The molecule has 1 aromatic carbocycles. The largest absolute Gasteiger partial charge is 0.394 e. The lowest BCUT2D eigenvalue weighted by molar-refractivity contribution is -0.118. The summed E-state index contributed by atoms with van der Waals surface area (Å²) >= 11 is 0. The number of benzene rings is 1. The van der Waals surface area contributed by atoms with Gasteiger partial charge in [-0.15, -0.1) is 0 Å². The first kappa shape index (κ1) is 31.3. The van der Waals surface area contributed by atoms with Gasteiger partial charge < -0.3 is 15.5 Å². The molecule has 222 valence electrons. The number of aliphatic hydroxyl groups is 2. The van der Waals surface area contributed by atoms with E-state index in [0.29, 0.717) is 30.3 Å². The fourth-order valence-electron chi connectivity index (χ4n) is 7.99. The number of carbonyl (C=O) groups is 1. The lowest BCUT2D eigenvalue weighted by Gasteiger charge is -2.57. The number of hydrogen-bond acceptors (Lipinski definition) is 3. The number of amides is 1. The fourth-order valence-corrected chi connectivity index (χ4v) is 7.99. The molecule has 3 unspecified atom stereocenters. The molecule has 0 heterocycles. The summed E-state index contributed by atoms with van der Waals surface area (Å²) in [5.74, 6) is 9.06. The van der Waals surface area contributed by atoms with Crippen LogP contribution in [0, 0.1) is 40.9 Å². The van der Waals surface area contributed by atoms with Crippen molar-refractivity contribution in [1.29, 1.82) is 0 Å². The Balaban J connectivity index is 1.14. The van der Waals surface area contributed by atoms with Crippen LogP contribution in [0.3, 0.4) is 0 Å². The summed E-state index contributed by atoms with van der Waals surface area (Å²) < 4.78 is 0. The molecule has 0 saturated heterocycles. The number of unbranched alkanes of at least 4 members (excludes halogenated alkanes) is 1. The molecule has 4 aliphatic rings. The summed E-state index contributed by atoms with van der Waals surface area (Å²) in [6.07, 6.45) is 20.7. The van der Waals surface area contributed by atoms with Gasteiger partial charge in [0.15, 0.2) is 0 Å². The van der Waals surface area contributed by atoms with Crippen molar-refractivity contribution in [2.24, 2.45) is 29.1 Å². The maximum Gasteiger partial charge on any atom is 0.246 e. The highest BCUT2D eigenvalue weighted by Crippen LogP contribution is 2.61. The first-order chi connectivity index (χ1) is 19.8. The third kappa shape index (κ3) is 9.19. The van der Waals surface area contributed by atoms with Gasteiger partial charge in [0.05, 0.1) is 18.8 Å². The molecule has 1 amide bonds. The molecule has 0 radical (unpaired) electrons. The van der Waals surface area contributed by atoms with Crippen LogP contribution in [-0.4, -0.2) is 34.9 Å². The third-order valence-corrected chi connectivity index (χ3v) is 9.81. The van der Waals surface area contributed by atoms with Gasteiger partial charge in [-0.25, -0.2) is 0 Å². The van der Waals surface area contributed by atoms with Gasteiger partial charge in [0.1, 0.15) is 0 Å². The van der Waals surface area contributed by atoms with Crippen LogP contribution < -0.4 is 5.32 Å². The average Bonchev–Trinajstić information content (AvgIpc) is 2.95. The number of allylic oxidation sites excluding steroid dienone is 3. The van der Waals surface area contributed by atoms with E-state index < -0.39 is 6.10 Å². The fraction of sp³-hybridized carbons (Fsp3) is 0.595. The molecule has 4 fully saturated rings. The second kappa shape index (κ2) is 15.0. The van der Waals surface area contributed by atoms with E-state index in [0.717, 1.165) is 35.3 Å². The van der Waals surface area contributed by atoms with Gasteiger partial charge >= 0.3 is 0 Å². The predicted octanol–water partition coefficient (Wildman–Crippen LogP) is 6.93. The quantitative estimate of drug-likeness (QED) is 0.107. The number of carbonyl (C=O) groups excluding carboxylic acids is 1. The van der Waals surface area contributed by atoms with Gasteiger partial charge in [0.2, 0.25) is 5.91 Å². The SMILES string of the molecule is CC(=CCCC#CC=CC(C)C(O)C(C)=CCCC12CC3CC(CC(C3)C1)C2)C(=O)NC(CO)Cc1ccccc1. The number of aliphatic hydroxyl groups excluding tert-OH is 2. The highest BCUT2D eigenvalue weighted by Gasteiger charge is 2.50. The highest BCUT2D eigenvalue weighted by molar-refractivity contribution is 5.92. The van der Waals surface area contributed by atoms with Gasteiger partial charge in [-0.2, -0.15) is 0 Å². The molecule has 4 bridgehead atoms. The first-order valence-corrected chi connectivity index (χ1v) is 15.9. The third-order valence-electron chi connectivity index (χ3n) is 9.81. The molecule has 4 saturated carbocycles. The summed E-state index contributed by atoms with van der Waals surface area (Å²) in [6, 6.07) is 9.54. The second-order valence-corrected chi connectivity index (χ2v) is 13.4. The molecular weight excluding hydrogens is 506 g/mol. The Kier molecular flexibility index (Phi) is 11.5. The molecule has 4 aliphatic carbocycles. The zero-order valence-electron chi connectivity index (χ0n) is 25.4. The van der Waals surface area contributed by atoms with E-state index >= 15 is 0 Å². The summed E-state index contributed by atoms with van der Waals surface area (Å²) in [5, 5.41) is 23.4. The summed E-state index contributed by atoms with van der Waals surface area (Å²) in [7, 11) is 0.